The van der Waals surface area contributed by atoms with E-state index in [4.69, 9.17) is 11.6 Å². The Hall–Kier alpha value is -1.42. The monoisotopic (exact) mass is 269 g/mol. The lowest BCUT2D eigenvalue weighted by molar-refractivity contribution is 0.0686. The maximum atomic E-state index is 12.2. The number of benzene rings is 1. The van der Waals surface area contributed by atoms with Gasteiger partial charge in [-0.25, -0.2) is 0 Å². The topological polar surface area (TPSA) is 60.8 Å². The number of carbonyl (C=O) groups is 1. The summed E-state index contributed by atoms with van der Waals surface area (Å²) in [6.07, 6.45) is 0.776. The molecular formula is C13H16ClNO3. The van der Waals surface area contributed by atoms with Crippen molar-refractivity contribution < 1.29 is 15.0 Å². The molecule has 1 aliphatic rings. The summed E-state index contributed by atoms with van der Waals surface area (Å²) in [5, 5.41) is 18.7. The smallest absolute Gasteiger partial charge is 0.254 e. The number of aromatic hydroxyl groups is 2. The highest BCUT2D eigenvalue weighted by Gasteiger charge is 2.28. The van der Waals surface area contributed by atoms with Gasteiger partial charge in [0.15, 0.2) is 11.5 Å². The zero-order valence-corrected chi connectivity index (χ0v) is 10.9. The minimum Gasteiger partial charge on any atom is -0.504 e. The van der Waals surface area contributed by atoms with Crippen LogP contribution >= 0.6 is 11.6 Å². The standard InChI is InChI=1S/C13H16ClNO3/c1-8-7-15(5-4-10(8)14)13(18)9-2-3-11(16)12(17)6-9/h2-3,6,8,10,16-17H,4-5,7H2,1H3. The van der Waals surface area contributed by atoms with Crippen LogP contribution in [0, 0.1) is 5.92 Å². The predicted octanol–water partition coefficient (Wildman–Crippen LogP) is 2.19. The van der Waals surface area contributed by atoms with E-state index in [1.54, 1.807) is 4.90 Å². The molecule has 2 rings (SSSR count). The molecular weight excluding hydrogens is 254 g/mol. The minimum atomic E-state index is -0.277. The molecule has 0 saturated carbocycles. The average molecular weight is 270 g/mol. The van der Waals surface area contributed by atoms with Crippen molar-refractivity contribution in [1.29, 1.82) is 0 Å². The fourth-order valence-corrected chi connectivity index (χ4v) is 2.32. The Morgan fingerprint density at radius 2 is 2.11 bits per heavy atom. The first-order valence-electron chi connectivity index (χ1n) is 5.94. The van der Waals surface area contributed by atoms with E-state index in [0.717, 1.165) is 6.42 Å². The van der Waals surface area contributed by atoms with Gasteiger partial charge in [0.1, 0.15) is 0 Å². The summed E-state index contributed by atoms with van der Waals surface area (Å²) in [6, 6.07) is 4.12. The Balaban J connectivity index is 2.14. The molecule has 1 aromatic carbocycles. The Morgan fingerprint density at radius 3 is 2.72 bits per heavy atom. The van der Waals surface area contributed by atoms with Crippen LogP contribution in [0.15, 0.2) is 18.2 Å². The quantitative estimate of drug-likeness (QED) is 0.607. The number of carbonyl (C=O) groups excluding carboxylic acids is 1. The Bertz CT molecular complexity index is 464. The highest BCUT2D eigenvalue weighted by atomic mass is 35.5. The molecule has 1 aromatic rings. The van der Waals surface area contributed by atoms with Crippen molar-refractivity contribution in [3.8, 4) is 11.5 Å². The zero-order chi connectivity index (χ0) is 13.3. The Kier molecular flexibility index (Phi) is 3.66. The van der Waals surface area contributed by atoms with Gasteiger partial charge in [0.05, 0.1) is 0 Å². The first-order chi connectivity index (χ1) is 8.49. The third kappa shape index (κ3) is 2.53. The van der Waals surface area contributed by atoms with E-state index in [-0.39, 0.29) is 28.7 Å². The zero-order valence-electron chi connectivity index (χ0n) is 10.1. The summed E-state index contributed by atoms with van der Waals surface area (Å²) in [5.74, 6) is -0.378. The van der Waals surface area contributed by atoms with Gasteiger partial charge in [-0.05, 0) is 30.5 Å². The van der Waals surface area contributed by atoms with Crippen LogP contribution in [0.4, 0.5) is 0 Å². The fraction of sp³-hybridized carbons (Fsp3) is 0.462. The van der Waals surface area contributed by atoms with Crippen LogP contribution in [0.25, 0.3) is 0 Å². The van der Waals surface area contributed by atoms with E-state index in [1.165, 1.54) is 18.2 Å². The van der Waals surface area contributed by atoms with Gasteiger partial charge in [0.2, 0.25) is 0 Å². The fourth-order valence-electron chi connectivity index (χ4n) is 2.14. The molecule has 1 amide bonds. The van der Waals surface area contributed by atoms with Gasteiger partial charge in [-0.15, -0.1) is 11.6 Å². The van der Waals surface area contributed by atoms with Crippen molar-refractivity contribution in [3.05, 3.63) is 23.8 Å². The van der Waals surface area contributed by atoms with Gasteiger partial charge in [0, 0.05) is 24.0 Å². The Labute approximate surface area is 111 Å². The first-order valence-corrected chi connectivity index (χ1v) is 6.38. The molecule has 4 nitrogen and oxygen atoms in total. The normalized spacial score (nSPS) is 24.0. The van der Waals surface area contributed by atoms with E-state index in [9.17, 15) is 15.0 Å². The van der Waals surface area contributed by atoms with Crippen LogP contribution < -0.4 is 0 Å². The predicted molar refractivity (Wildman–Crippen MR) is 69.1 cm³/mol. The average Bonchev–Trinajstić information content (AvgIpc) is 2.35. The number of phenols is 2. The summed E-state index contributed by atoms with van der Waals surface area (Å²) < 4.78 is 0. The van der Waals surface area contributed by atoms with Gasteiger partial charge in [-0.3, -0.25) is 4.79 Å². The second-order valence-corrected chi connectivity index (χ2v) is 5.30. The largest absolute Gasteiger partial charge is 0.504 e. The molecule has 1 aliphatic heterocycles. The molecule has 5 heteroatoms. The van der Waals surface area contributed by atoms with Crippen molar-refractivity contribution in [1.82, 2.24) is 4.90 Å². The number of phenolic OH excluding ortho intramolecular Hbond substituents is 2. The van der Waals surface area contributed by atoms with Gasteiger partial charge < -0.3 is 15.1 Å². The minimum absolute atomic E-state index is 0.113. The molecule has 0 bridgehead atoms. The van der Waals surface area contributed by atoms with E-state index in [2.05, 4.69) is 0 Å². The molecule has 1 fully saturated rings. The van der Waals surface area contributed by atoms with Crippen LogP contribution in [0.5, 0.6) is 11.5 Å². The molecule has 0 radical (unpaired) electrons. The van der Waals surface area contributed by atoms with Gasteiger partial charge in [0.25, 0.3) is 5.91 Å². The van der Waals surface area contributed by atoms with Crippen molar-refractivity contribution in [2.24, 2.45) is 5.92 Å². The van der Waals surface area contributed by atoms with Crippen molar-refractivity contribution in [2.75, 3.05) is 13.1 Å². The molecule has 2 unspecified atom stereocenters. The third-order valence-corrected chi connectivity index (χ3v) is 3.96. The molecule has 0 aliphatic carbocycles. The molecule has 2 N–H and O–H groups in total. The van der Waals surface area contributed by atoms with Crippen LogP contribution in [-0.2, 0) is 0 Å². The number of nitrogens with zero attached hydrogens (tertiary/aromatic N) is 1. The molecule has 18 heavy (non-hydrogen) atoms. The second-order valence-electron chi connectivity index (χ2n) is 4.74. The number of piperidine rings is 1. The number of amides is 1. The summed E-state index contributed by atoms with van der Waals surface area (Å²) in [5.41, 5.74) is 0.380. The number of hydrogen-bond acceptors (Lipinski definition) is 3. The summed E-state index contributed by atoms with van der Waals surface area (Å²) in [4.78, 5) is 13.9. The first kappa shape index (κ1) is 13.0. The molecule has 1 saturated heterocycles. The number of likely N-dealkylation sites (tertiary alicyclic amines) is 1. The molecule has 98 valence electrons. The van der Waals surface area contributed by atoms with E-state index >= 15 is 0 Å². The van der Waals surface area contributed by atoms with Crippen LogP contribution in [0.2, 0.25) is 0 Å². The van der Waals surface area contributed by atoms with E-state index in [1.807, 2.05) is 6.92 Å². The van der Waals surface area contributed by atoms with Crippen molar-refractivity contribution >= 4 is 17.5 Å². The molecule has 1 heterocycles. The lowest BCUT2D eigenvalue weighted by atomic mass is 9.99. The number of alkyl halides is 1. The van der Waals surface area contributed by atoms with Crippen molar-refractivity contribution in [3.63, 3.8) is 0 Å². The van der Waals surface area contributed by atoms with E-state index in [0.29, 0.717) is 18.7 Å². The highest BCUT2D eigenvalue weighted by Crippen LogP contribution is 2.27. The third-order valence-electron chi connectivity index (χ3n) is 3.31. The van der Waals surface area contributed by atoms with Gasteiger partial charge in [-0.1, -0.05) is 6.92 Å². The van der Waals surface area contributed by atoms with E-state index < -0.39 is 0 Å². The SMILES string of the molecule is CC1CN(C(=O)c2ccc(O)c(O)c2)CCC1Cl. The molecule has 2 atom stereocenters. The van der Waals surface area contributed by atoms with Crippen molar-refractivity contribution in [2.45, 2.75) is 18.7 Å². The van der Waals surface area contributed by atoms with Crippen LogP contribution in [-0.4, -0.2) is 39.5 Å². The Morgan fingerprint density at radius 1 is 1.39 bits per heavy atom. The molecule has 0 aromatic heterocycles. The molecule has 0 spiro atoms. The summed E-state index contributed by atoms with van der Waals surface area (Å²) >= 11 is 6.12. The van der Waals surface area contributed by atoms with Gasteiger partial charge >= 0.3 is 0 Å². The number of halogens is 1. The lowest BCUT2D eigenvalue weighted by Gasteiger charge is -2.34. The number of rotatable bonds is 1. The van der Waals surface area contributed by atoms with Gasteiger partial charge in [-0.2, -0.15) is 0 Å². The maximum absolute atomic E-state index is 12.2. The summed E-state index contributed by atoms with van der Waals surface area (Å²) in [6.45, 7) is 3.26. The number of hydrogen-bond donors (Lipinski definition) is 2. The van der Waals surface area contributed by atoms with Crippen LogP contribution in [0.1, 0.15) is 23.7 Å². The highest BCUT2D eigenvalue weighted by molar-refractivity contribution is 6.20. The maximum Gasteiger partial charge on any atom is 0.254 e. The summed E-state index contributed by atoms with van der Waals surface area (Å²) in [7, 11) is 0. The van der Waals surface area contributed by atoms with Crippen LogP contribution in [0.3, 0.4) is 0 Å². The lowest BCUT2D eigenvalue weighted by Crippen LogP contribution is -2.43. The second kappa shape index (κ2) is 5.06.